The molecule has 0 spiro atoms. The molecule has 2 aliphatic rings. The Hall–Kier alpha value is -3.88. The average Bonchev–Trinajstić information content (AvgIpc) is 3.31. The Balaban J connectivity index is 1.50. The summed E-state index contributed by atoms with van der Waals surface area (Å²) >= 11 is 0. The van der Waals surface area contributed by atoms with E-state index in [4.69, 9.17) is 4.52 Å². The fourth-order valence-electron chi connectivity index (χ4n) is 5.06. The summed E-state index contributed by atoms with van der Waals surface area (Å²) < 4.78 is 5.40. The minimum atomic E-state index is -0.961. The number of amides is 3. The van der Waals surface area contributed by atoms with Crippen molar-refractivity contribution in [2.75, 3.05) is 31.1 Å². The van der Waals surface area contributed by atoms with Gasteiger partial charge in [-0.25, -0.2) is 14.6 Å². The number of urea groups is 1. The molecule has 0 bridgehead atoms. The predicted octanol–water partition coefficient (Wildman–Crippen LogP) is 4.70. The predicted molar refractivity (Wildman–Crippen MR) is 132 cm³/mol. The number of hydrogen-bond acceptors (Lipinski definition) is 5. The summed E-state index contributed by atoms with van der Waals surface area (Å²) in [5, 5.41) is 15.5. The molecule has 9 heteroatoms. The third kappa shape index (κ3) is 4.45. The van der Waals surface area contributed by atoms with Crippen LogP contribution in [0.1, 0.15) is 36.3 Å². The van der Waals surface area contributed by atoms with E-state index in [-0.39, 0.29) is 18.6 Å². The van der Waals surface area contributed by atoms with E-state index in [2.05, 4.69) is 10.1 Å². The SMILES string of the molecule is Cc1cc(C2=CCN(C(=O)N(c3nccc4cccc(C)c34)[C@@H]3CCCN(C(=O)O)C3)CC2)on1. The lowest BCUT2D eigenvalue weighted by Gasteiger charge is -2.40. The lowest BCUT2D eigenvalue weighted by molar-refractivity contribution is 0.128. The highest BCUT2D eigenvalue weighted by atomic mass is 16.5. The van der Waals surface area contributed by atoms with Gasteiger partial charge in [0.1, 0.15) is 5.82 Å². The second kappa shape index (κ2) is 9.40. The first-order valence-electron chi connectivity index (χ1n) is 12.0. The van der Waals surface area contributed by atoms with E-state index in [1.54, 1.807) is 16.0 Å². The van der Waals surface area contributed by atoms with Crippen LogP contribution in [0.25, 0.3) is 16.3 Å². The van der Waals surface area contributed by atoms with E-state index in [9.17, 15) is 14.7 Å². The van der Waals surface area contributed by atoms with Gasteiger partial charge in [-0.3, -0.25) is 4.90 Å². The topological polar surface area (TPSA) is 103 Å². The lowest BCUT2D eigenvalue weighted by atomic mass is 10.0. The number of nitrogens with zero attached hydrogens (tertiary/aromatic N) is 5. The molecule has 0 aliphatic carbocycles. The molecule has 5 rings (SSSR count). The zero-order valence-corrected chi connectivity index (χ0v) is 20.0. The van der Waals surface area contributed by atoms with Gasteiger partial charge in [-0.05, 0) is 55.7 Å². The Labute approximate surface area is 203 Å². The van der Waals surface area contributed by atoms with Gasteiger partial charge in [0.25, 0.3) is 0 Å². The molecule has 182 valence electrons. The van der Waals surface area contributed by atoms with Crippen molar-refractivity contribution in [3.05, 3.63) is 59.6 Å². The molecule has 0 saturated carbocycles. The highest BCUT2D eigenvalue weighted by Crippen LogP contribution is 2.33. The molecule has 35 heavy (non-hydrogen) atoms. The first-order chi connectivity index (χ1) is 16.9. The molecule has 1 N–H and O–H groups in total. The smallest absolute Gasteiger partial charge is 0.407 e. The highest BCUT2D eigenvalue weighted by Gasteiger charge is 2.36. The zero-order chi connectivity index (χ0) is 24.5. The molecule has 0 unspecified atom stereocenters. The third-order valence-electron chi connectivity index (χ3n) is 6.87. The second-order valence-corrected chi connectivity index (χ2v) is 9.24. The van der Waals surface area contributed by atoms with E-state index in [0.29, 0.717) is 44.7 Å². The number of anilines is 1. The number of benzene rings is 1. The molecule has 0 radical (unpaired) electrons. The van der Waals surface area contributed by atoms with Crippen LogP contribution in [-0.4, -0.2) is 69.4 Å². The van der Waals surface area contributed by atoms with Crippen LogP contribution in [0.2, 0.25) is 0 Å². The van der Waals surface area contributed by atoms with Gasteiger partial charge < -0.3 is 19.4 Å². The van der Waals surface area contributed by atoms with Crippen LogP contribution < -0.4 is 4.90 Å². The van der Waals surface area contributed by atoms with Gasteiger partial charge in [-0.15, -0.1) is 0 Å². The number of fused-ring (bicyclic) bond motifs is 1. The highest BCUT2D eigenvalue weighted by molar-refractivity contribution is 6.03. The lowest BCUT2D eigenvalue weighted by Crippen LogP contribution is -2.56. The number of hydrogen-bond donors (Lipinski definition) is 1. The van der Waals surface area contributed by atoms with Crippen LogP contribution in [-0.2, 0) is 0 Å². The fourth-order valence-corrected chi connectivity index (χ4v) is 5.06. The summed E-state index contributed by atoms with van der Waals surface area (Å²) in [5.41, 5.74) is 2.88. The molecule has 1 atom stereocenters. The third-order valence-corrected chi connectivity index (χ3v) is 6.87. The van der Waals surface area contributed by atoms with Gasteiger partial charge in [-0.1, -0.05) is 29.4 Å². The summed E-state index contributed by atoms with van der Waals surface area (Å²) in [6, 6.07) is 9.39. The number of carbonyl (C=O) groups is 2. The molecule has 3 aromatic rings. The number of aryl methyl sites for hydroxylation is 2. The van der Waals surface area contributed by atoms with Gasteiger partial charge in [0, 0.05) is 43.8 Å². The van der Waals surface area contributed by atoms with Crippen molar-refractivity contribution in [2.45, 2.75) is 39.2 Å². The molecule has 1 aromatic carbocycles. The molecule has 4 heterocycles. The largest absolute Gasteiger partial charge is 0.465 e. The van der Waals surface area contributed by atoms with Gasteiger partial charge in [0.05, 0.1) is 11.7 Å². The van der Waals surface area contributed by atoms with Crippen molar-refractivity contribution < 1.29 is 19.2 Å². The van der Waals surface area contributed by atoms with Crippen molar-refractivity contribution in [1.29, 1.82) is 0 Å². The van der Waals surface area contributed by atoms with Crippen LogP contribution in [0, 0.1) is 13.8 Å². The van der Waals surface area contributed by atoms with Crippen molar-refractivity contribution in [3.63, 3.8) is 0 Å². The van der Waals surface area contributed by atoms with Crippen LogP contribution in [0.3, 0.4) is 0 Å². The van der Waals surface area contributed by atoms with Crippen LogP contribution in [0.4, 0.5) is 15.4 Å². The maximum Gasteiger partial charge on any atom is 0.407 e. The number of carboxylic acid groups (broad SMARTS) is 1. The van der Waals surface area contributed by atoms with E-state index < -0.39 is 6.09 Å². The maximum atomic E-state index is 14.1. The molecule has 1 saturated heterocycles. The van der Waals surface area contributed by atoms with Crippen molar-refractivity contribution in [1.82, 2.24) is 19.9 Å². The van der Waals surface area contributed by atoms with E-state index in [1.165, 1.54) is 4.90 Å². The van der Waals surface area contributed by atoms with Gasteiger partial charge in [0.2, 0.25) is 0 Å². The number of rotatable bonds is 3. The first kappa shape index (κ1) is 22.9. The summed E-state index contributed by atoms with van der Waals surface area (Å²) in [6.45, 7) is 5.59. The summed E-state index contributed by atoms with van der Waals surface area (Å²) in [7, 11) is 0. The Morgan fingerprint density at radius 3 is 2.74 bits per heavy atom. The minimum Gasteiger partial charge on any atom is -0.465 e. The Morgan fingerprint density at radius 1 is 1.17 bits per heavy atom. The second-order valence-electron chi connectivity index (χ2n) is 9.24. The number of likely N-dealkylation sites (tertiary alicyclic amines) is 1. The molecule has 1 fully saturated rings. The number of carbonyl (C=O) groups excluding carboxylic acids is 1. The van der Waals surface area contributed by atoms with E-state index in [0.717, 1.165) is 33.4 Å². The zero-order valence-electron chi connectivity index (χ0n) is 20.0. The molecular weight excluding hydrogens is 446 g/mol. The molecule has 2 aromatic heterocycles. The van der Waals surface area contributed by atoms with E-state index >= 15 is 0 Å². The van der Waals surface area contributed by atoms with Crippen LogP contribution >= 0.6 is 0 Å². The Bertz CT molecular complexity index is 1290. The Morgan fingerprint density at radius 2 is 2.03 bits per heavy atom. The molecule has 9 nitrogen and oxygen atoms in total. The summed E-state index contributed by atoms with van der Waals surface area (Å²) in [5.74, 6) is 1.32. The monoisotopic (exact) mass is 475 g/mol. The summed E-state index contributed by atoms with van der Waals surface area (Å²) in [6.07, 6.45) is 4.83. The normalized spacial score (nSPS) is 18.5. The molecular formula is C26H29N5O4. The van der Waals surface area contributed by atoms with Crippen molar-refractivity contribution in [3.8, 4) is 0 Å². The average molecular weight is 476 g/mol. The standard InChI is InChI=1S/C26H29N5O4/c1-17-5-3-6-20-8-11-27-24(23(17)20)31(21-7-4-12-30(16-21)26(33)34)25(32)29-13-9-19(10-14-29)22-15-18(2)28-35-22/h3,5-6,8-9,11,15,21H,4,7,10,12-14,16H2,1-2H3,(H,33,34)/t21-/m1/s1. The number of pyridine rings is 1. The number of aromatic nitrogens is 2. The fraction of sp³-hybridized carbons (Fsp3) is 0.385. The summed E-state index contributed by atoms with van der Waals surface area (Å²) in [4.78, 5) is 35.4. The van der Waals surface area contributed by atoms with Gasteiger partial charge in [0.15, 0.2) is 5.76 Å². The maximum absolute atomic E-state index is 14.1. The first-order valence-corrected chi connectivity index (χ1v) is 12.0. The number of piperidine rings is 1. The van der Waals surface area contributed by atoms with E-state index in [1.807, 2.05) is 50.3 Å². The quantitative estimate of drug-likeness (QED) is 0.589. The Kier molecular flexibility index (Phi) is 6.15. The van der Waals surface area contributed by atoms with Crippen molar-refractivity contribution in [2.24, 2.45) is 0 Å². The van der Waals surface area contributed by atoms with Crippen molar-refractivity contribution >= 4 is 34.3 Å². The van der Waals surface area contributed by atoms with Gasteiger partial charge in [-0.2, -0.15) is 0 Å². The minimum absolute atomic E-state index is 0.158. The molecule has 2 aliphatic heterocycles. The van der Waals surface area contributed by atoms with Crippen LogP contribution in [0.15, 0.2) is 47.1 Å². The van der Waals surface area contributed by atoms with Crippen LogP contribution in [0.5, 0.6) is 0 Å². The molecule has 3 amide bonds. The van der Waals surface area contributed by atoms with Gasteiger partial charge >= 0.3 is 12.1 Å².